The van der Waals surface area contributed by atoms with E-state index in [1.165, 1.54) is 6.20 Å². The van der Waals surface area contributed by atoms with Crippen LogP contribution in [-0.2, 0) is 9.59 Å². The molecule has 0 amide bonds. The molecule has 20 heavy (non-hydrogen) atoms. The van der Waals surface area contributed by atoms with Crippen LogP contribution in [0.4, 0.5) is 0 Å². The molecule has 0 bridgehead atoms. The van der Waals surface area contributed by atoms with Gasteiger partial charge in [0, 0.05) is 36.2 Å². The zero-order valence-corrected chi connectivity index (χ0v) is 10.7. The van der Waals surface area contributed by atoms with Gasteiger partial charge in [-0.3, -0.25) is 14.4 Å². The predicted octanol–water partition coefficient (Wildman–Crippen LogP) is 1.75. The Bertz CT molecular complexity index is 708. The minimum Gasteiger partial charge on any atom is -0.298 e. The van der Waals surface area contributed by atoms with Crippen molar-refractivity contribution in [2.75, 3.05) is 0 Å². The molecular formula is C15H12N2O3. The summed E-state index contributed by atoms with van der Waals surface area (Å²) in [6, 6.07) is 5.17. The molecule has 0 unspecified atom stereocenters. The summed E-state index contributed by atoms with van der Waals surface area (Å²) in [6.07, 6.45) is 4.13. The fraction of sp³-hybridized carbons (Fsp3) is 0.267. The predicted molar refractivity (Wildman–Crippen MR) is 71.2 cm³/mol. The number of hydrogen-bond acceptors (Lipinski definition) is 5. The maximum atomic E-state index is 12.4. The summed E-state index contributed by atoms with van der Waals surface area (Å²) in [5, 5.41) is 0.717. The van der Waals surface area contributed by atoms with Gasteiger partial charge in [0.25, 0.3) is 0 Å². The third-order valence-corrected chi connectivity index (χ3v) is 3.49. The highest BCUT2D eigenvalue weighted by atomic mass is 16.2. The molecule has 2 aromatic rings. The van der Waals surface area contributed by atoms with Gasteiger partial charge in [-0.25, -0.2) is 9.97 Å². The molecule has 1 saturated carbocycles. The highest BCUT2D eigenvalue weighted by Crippen LogP contribution is 2.22. The summed E-state index contributed by atoms with van der Waals surface area (Å²) in [6.45, 7) is 0. The van der Waals surface area contributed by atoms with E-state index in [4.69, 9.17) is 0 Å². The van der Waals surface area contributed by atoms with Crippen molar-refractivity contribution in [1.82, 2.24) is 9.97 Å². The van der Waals surface area contributed by atoms with Gasteiger partial charge in [-0.2, -0.15) is 0 Å². The molecular weight excluding hydrogens is 256 g/mol. The normalized spacial score (nSPS) is 16.6. The first-order chi connectivity index (χ1) is 9.66. The van der Waals surface area contributed by atoms with Crippen molar-refractivity contribution in [3.8, 4) is 0 Å². The van der Waals surface area contributed by atoms with Gasteiger partial charge in [0.15, 0.2) is 23.0 Å². The van der Waals surface area contributed by atoms with Crippen LogP contribution in [0.2, 0.25) is 0 Å². The summed E-state index contributed by atoms with van der Waals surface area (Å²) >= 11 is 0. The lowest BCUT2D eigenvalue weighted by atomic mass is 9.82. The third kappa shape index (κ3) is 2.11. The van der Waals surface area contributed by atoms with E-state index >= 15 is 0 Å². The highest BCUT2D eigenvalue weighted by molar-refractivity contribution is 6.25. The molecule has 3 rings (SSSR count). The number of rotatable bonds is 2. The molecule has 2 heterocycles. The van der Waals surface area contributed by atoms with Crippen LogP contribution in [0, 0.1) is 5.92 Å². The smallest absolute Gasteiger partial charge is 0.182 e. The van der Waals surface area contributed by atoms with Crippen molar-refractivity contribution < 1.29 is 14.4 Å². The summed E-state index contributed by atoms with van der Waals surface area (Å²) < 4.78 is 0. The molecule has 1 aliphatic rings. The van der Waals surface area contributed by atoms with Gasteiger partial charge in [-0.05, 0) is 24.6 Å². The number of fused-ring (bicyclic) bond motifs is 1. The standard InChI is InChI=1S/C15H12N2O3/c18-11-4-1-5-12(19)13(11)14(20)10-7-9-3-2-6-16-15(9)17-8-10/h2-3,6-8,13H,1,4-5H2. The van der Waals surface area contributed by atoms with E-state index in [1.807, 2.05) is 0 Å². The molecule has 0 atom stereocenters. The van der Waals surface area contributed by atoms with Gasteiger partial charge in [0.2, 0.25) is 0 Å². The molecule has 0 saturated heterocycles. The molecule has 0 N–H and O–H groups in total. The lowest BCUT2D eigenvalue weighted by molar-refractivity contribution is -0.133. The largest absolute Gasteiger partial charge is 0.298 e. The Kier molecular flexibility index (Phi) is 3.10. The summed E-state index contributed by atoms with van der Waals surface area (Å²) in [4.78, 5) is 44.1. The van der Waals surface area contributed by atoms with Crippen molar-refractivity contribution in [1.29, 1.82) is 0 Å². The molecule has 100 valence electrons. The van der Waals surface area contributed by atoms with Crippen LogP contribution in [0.1, 0.15) is 29.6 Å². The average Bonchev–Trinajstić information content (AvgIpc) is 2.46. The van der Waals surface area contributed by atoms with E-state index in [0.717, 1.165) is 0 Å². The average molecular weight is 268 g/mol. The minimum atomic E-state index is -1.14. The van der Waals surface area contributed by atoms with E-state index in [-0.39, 0.29) is 11.6 Å². The van der Waals surface area contributed by atoms with Crippen LogP contribution >= 0.6 is 0 Å². The Morgan fingerprint density at radius 2 is 1.90 bits per heavy atom. The second kappa shape index (κ2) is 4.92. The van der Waals surface area contributed by atoms with Gasteiger partial charge in [-0.15, -0.1) is 0 Å². The number of nitrogens with zero attached hydrogens (tertiary/aromatic N) is 2. The quantitative estimate of drug-likeness (QED) is 0.612. The number of hydrogen-bond donors (Lipinski definition) is 0. The van der Waals surface area contributed by atoms with Crippen LogP contribution in [0.25, 0.3) is 11.0 Å². The second-order valence-corrected chi connectivity index (χ2v) is 4.86. The van der Waals surface area contributed by atoms with Crippen LogP contribution in [0.5, 0.6) is 0 Å². The van der Waals surface area contributed by atoms with Gasteiger partial charge >= 0.3 is 0 Å². The number of carbonyl (C=O) groups is 3. The Morgan fingerprint density at radius 3 is 2.65 bits per heavy atom. The van der Waals surface area contributed by atoms with Gasteiger partial charge in [-0.1, -0.05) is 0 Å². The van der Waals surface area contributed by atoms with E-state index in [1.54, 1.807) is 24.4 Å². The van der Waals surface area contributed by atoms with Crippen molar-refractivity contribution in [3.05, 3.63) is 36.2 Å². The van der Waals surface area contributed by atoms with E-state index in [0.29, 0.717) is 35.9 Å². The number of carbonyl (C=O) groups excluding carboxylic acids is 3. The van der Waals surface area contributed by atoms with Crippen molar-refractivity contribution >= 4 is 28.4 Å². The van der Waals surface area contributed by atoms with Crippen LogP contribution in [-0.4, -0.2) is 27.3 Å². The van der Waals surface area contributed by atoms with Crippen molar-refractivity contribution in [3.63, 3.8) is 0 Å². The minimum absolute atomic E-state index is 0.280. The van der Waals surface area contributed by atoms with Gasteiger partial charge in [0.1, 0.15) is 5.92 Å². The number of pyridine rings is 2. The number of Topliss-reactive ketones (excluding diaryl/α,β-unsaturated/α-hetero) is 3. The molecule has 0 aromatic carbocycles. The van der Waals surface area contributed by atoms with Crippen molar-refractivity contribution in [2.45, 2.75) is 19.3 Å². The van der Waals surface area contributed by atoms with Crippen molar-refractivity contribution in [2.24, 2.45) is 5.92 Å². The van der Waals surface area contributed by atoms with Crippen LogP contribution in [0.15, 0.2) is 30.6 Å². The lowest BCUT2D eigenvalue weighted by Crippen LogP contribution is -2.35. The summed E-state index contributed by atoms with van der Waals surface area (Å²) in [5.74, 6) is -2.15. The van der Waals surface area contributed by atoms with Gasteiger partial charge < -0.3 is 0 Å². The number of ketones is 3. The maximum absolute atomic E-state index is 12.4. The molecule has 0 radical (unpaired) electrons. The first kappa shape index (κ1) is 12.6. The van der Waals surface area contributed by atoms with E-state index < -0.39 is 11.7 Å². The Morgan fingerprint density at radius 1 is 1.15 bits per heavy atom. The molecule has 5 nitrogen and oxygen atoms in total. The van der Waals surface area contributed by atoms with E-state index in [9.17, 15) is 14.4 Å². The molecule has 2 aromatic heterocycles. The molecule has 1 fully saturated rings. The molecule has 5 heteroatoms. The zero-order valence-electron chi connectivity index (χ0n) is 10.7. The Labute approximate surface area is 115 Å². The highest BCUT2D eigenvalue weighted by Gasteiger charge is 2.36. The SMILES string of the molecule is O=C1CCCC(=O)C1C(=O)c1cnc2ncccc2c1. The zero-order chi connectivity index (χ0) is 14.1. The fourth-order valence-corrected chi connectivity index (χ4v) is 2.46. The maximum Gasteiger partial charge on any atom is 0.182 e. The topological polar surface area (TPSA) is 77.0 Å². The second-order valence-electron chi connectivity index (χ2n) is 4.86. The summed E-state index contributed by atoms with van der Waals surface area (Å²) in [5.41, 5.74) is 0.824. The first-order valence-electron chi connectivity index (χ1n) is 6.47. The Balaban J connectivity index is 1.99. The fourth-order valence-electron chi connectivity index (χ4n) is 2.46. The first-order valence-corrected chi connectivity index (χ1v) is 6.47. The van der Waals surface area contributed by atoms with Crippen LogP contribution < -0.4 is 0 Å². The summed E-state index contributed by atoms with van der Waals surface area (Å²) in [7, 11) is 0. The third-order valence-electron chi connectivity index (χ3n) is 3.49. The molecule has 0 spiro atoms. The van der Waals surface area contributed by atoms with Gasteiger partial charge in [0.05, 0.1) is 0 Å². The lowest BCUT2D eigenvalue weighted by Gasteiger charge is -2.18. The Hall–Kier alpha value is -2.43. The van der Waals surface area contributed by atoms with E-state index in [2.05, 4.69) is 9.97 Å². The monoisotopic (exact) mass is 268 g/mol. The number of aromatic nitrogens is 2. The molecule has 1 aliphatic carbocycles. The molecule has 0 aliphatic heterocycles. The van der Waals surface area contributed by atoms with Crippen LogP contribution in [0.3, 0.4) is 0 Å².